The Labute approximate surface area is 177 Å². The van der Waals surface area contributed by atoms with Gasteiger partial charge in [0.1, 0.15) is 0 Å². The molecule has 2 aromatic rings. The number of carbonyl (C=O) groups is 1. The summed E-state index contributed by atoms with van der Waals surface area (Å²) in [5.74, 6) is 1.59. The number of ketones is 1. The Kier molecular flexibility index (Phi) is 4.41. The molecule has 3 heteroatoms. The molecule has 4 saturated carbocycles. The zero-order valence-electron chi connectivity index (χ0n) is 16.4. The Balaban J connectivity index is 1.43. The van der Waals surface area contributed by atoms with E-state index in [-0.39, 0.29) is 16.6 Å². The zero-order chi connectivity index (χ0) is 20.1. The monoisotopic (exact) mass is 401 g/mol. The van der Waals surface area contributed by atoms with Crippen LogP contribution >= 0.6 is 11.6 Å². The predicted octanol–water partition coefficient (Wildman–Crippen LogP) is 6.33. The van der Waals surface area contributed by atoms with Crippen LogP contribution in [0.5, 0.6) is 0 Å². The normalized spacial score (nSPS) is 32.4. The fraction of sp³-hybridized carbons (Fsp3) is 0.385. The van der Waals surface area contributed by atoms with Gasteiger partial charge in [-0.2, -0.15) is 5.26 Å². The van der Waals surface area contributed by atoms with Crippen LogP contribution in [-0.4, -0.2) is 5.78 Å². The molecule has 0 saturated heterocycles. The van der Waals surface area contributed by atoms with Crippen LogP contribution in [0.3, 0.4) is 0 Å². The molecule has 2 unspecified atom stereocenters. The first-order valence-corrected chi connectivity index (χ1v) is 10.9. The van der Waals surface area contributed by atoms with Gasteiger partial charge in [-0.1, -0.05) is 41.9 Å². The second-order valence-electron chi connectivity index (χ2n) is 9.46. The molecule has 29 heavy (non-hydrogen) atoms. The third-order valence-corrected chi connectivity index (χ3v) is 7.76. The first-order valence-electron chi connectivity index (χ1n) is 10.5. The number of hydrogen-bond donors (Lipinski definition) is 0. The van der Waals surface area contributed by atoms with Crippen molar-refractivity contribution in [2.75, 3.05) is 0 Å². The molecule has 4 bridgehead atoms. The summed E-state index contributed by atoms with van der Waals surface area (Å²) >= 11 is 6.13. The molecular weight excluding hydrogens is 378 g/mol. The maximum atomic E-state index is 13.5. The summed E-state index contributed by atoms with van der Waals surface area (Å²) in [6.45, 7) is 0. The highest BCUT2D eigenvalue weighted by atomic mass is 35.5. The molecular formula is C26H24ClNO. The second-order valence-corrected chi connectivity index (χ2v) is 9.90. The van der Waals surface area contributed by atoms with Gasteiger partial charge in [0, 0.05) is 10.4 Å². The molecule has 0 aromatic heterocycles. The number of benzene rings is 2. The van der Waals surface area contributed by atoms with Crippen LogP contribution in [0.2, 0.25) is 5.02 Å². The Morgan fingerprint density at radius 2 is 1.66 bits per heavy atom. The lowest BCUT2D eigenvalue weighted by molar-refractivity contribution is -0.141. The third kappa shape index (κ3) is 3.22. The van der Waals surface area contributed by atoms with E-state index in [1.54, 1.807) is 18.2 Å². The van der Waals surface area contributed by atoms with E-state index in [1.807, 2.05) is 30.3 Å². The van der Waals surface area contributed by atoms with Crippen LogP contribution in [0.1, 0.15) is 55.2 Å². The SMILES string of the molecule is N#Cc1ccc(/C=C/C(=O)C23CC4CC(C2)CC(c2ccc(Cl)cc2)(C4)C3)cc1. The standard InChI is InChI=1S/C26H24ClNO/c27-23-8-6-22(7-9-23)25-12-20-11-21(13-25)15-26(14-20,17-25)24(29)10-5-18-1-3-19(16-28)4-2-18/h1-10,20-21H,11-15,17H2/b10-5+. The van der Waals surface area contributed by atoms with Gasteiger partial charge in [-0.3, -0.25) is 4.79 Å². The van der Waals surface area contributed by atoms with E-state index in [1.165, 1.54) is 24.8 Å². The molecule has 6 rings (SSSR count). The van der Waals surface area contributed by atoms with E-state index >= 15 is 0 Å². The van der Waals surface area contributed by atoms with E-state index in [4.69, 9.17) is 16.9 Å². The van der Waals surface area contributed by atoms with Crippen molar-refractivity contribution in [1.29, 1.82) is 5.26 Å². The Morgan fingerprint density at radius 1 is 1.00 bits per heavy atom. The van der Waals surface area contributed by atoms with Crippen molar-refractivity contribution in [3.05, 3.63) is 76.3 Å². The van der Waals surface area contributed by atoms with Crippen LogP contribution in [0.15, 0.2) is 54.6 Å². The van der Waals surface area contributed by atoms with E-state index in [0.717, 1.165) is 29.8 Å². The lowest BCUT2D eigenvalue weighted by Crippen LogP contribution is -2.56. The summed E-state index contributed by atoms with van der Waals surface area (Å²) in [6, 6.07) is 17.9. The van der Waals surface area contributed by atoms with Crippen molar-refractivity contribution in [3.8, 4) is 6.07 Å². The number of nitriles is 1. The molecule has 4 fully saturated rings. The van der Waals surface area contributed by atoms with E-state index < -0.39 is 0 Å². The first-order chi connectivity index (χ1) is 14.0. The average molecular weight is 402 g/mol. The number of allylic oxidation sites excluding steroid dienone is 1. The van der Waals surface area contributed by atoms with Crippen LogP contribution in [0, 0.1) is 28.6 Å². The van der Waals surface area contributed by atoms with E-state index in [2.05, 4.69) is 18.2 Å². The van der Waals surface area contributed by atoms with Crippen LogP contribution in [0.25, 0.3) is 6.08 Å². The Hall–Kier alpha value is -2.37. The third-order valence-electron chi connectivity index (χ3n) is 7.51. The van der Waals surface area contributed by atoms with Gasteiger partial charge in [-0.05, 0) is 97.2 Å². The minimum atomic E-state index is -0.215. The molecule has 0 N–H and O–H groups in total. The molecule has 4 aliphatic carbocycles. The van der Waals surface area contributed by atoms with Gasteiger partial charge in [0.05, 0.1) is 11.6 Å². The lowest BCUT2D eigenvalue weighted by atomic mass is 9.42. The molecule has 2 atom stereocenters. The van der Waals surface area contributed by atoms with Gasteiger partial charge < -0.3 is 0 Å². The minimum absolute atomic E-state index is 0.132. The van der Waals surface area contributed by atoms with Crippen molar-refractivity contribution in [1.82, 2.24) is 0 Å². The summed E-state index contributed by atoms with van der Waals surface area (Å²) in [4.78, 5) is 13.5. The summed E-state index contributed by atoms with van der Waals surface area (Å²) in [6.07, 6.45) is 10.4. The predicted molar refractivity (Wildman–Crippen MR) is 115 cm³/mol. The second kappa shape index (κ2) is 6.85. The molecule has 2 nitrogen and oxygen atoms in total. The number of rotatable bonds is 4. The number of carbonyl (C=O) groups excluding carboxylic acids is 1. The maximum absolute atomic E-state index is 13.5. The molecule has 0 radical (unpaired) electrons. The maximum Gasteiger partial charge on any atom is 0.161 e. The molecule has 4 aliphatic rings. The minimum Gasteiger partial charge on any atom is -0.294 e. The van der Waals surface area contributed by atoms with E-state index in [9.17, 15) is 4.79 Å². The topological polar surface area (TPSA) is 40.9 Å². The average Bonchev–Trinajstić information content (AvgIpc) is 2.72. The summed E-state index contributed by atoms with van der Waals surface area (Å²) in [5.41, 5.74) is 2.89. The van der Waals surface area contributed by atoms with Gasteiger partial charge >= 0.3 is 0 Å². The summed E-state index contributed by atoms with van der Waals surface area (Å²) < 4.78 is 0. The number of halogens is 1. The largest absolute Gasteiger partial charge is 0.294 e. The quantitative estimate of drug-likeness (QED) is 0.561. The highest BCUT2D eigenvalue weighted by Crippen LogP contribution is 2.66. The molecule has 0 amide bonds. The van der Waals surface area contributed by atoms with Crippen LogP contribution in [-0.2, 0) is 10.2 Å². The van der Waals surface area contributed by atoms with Gasteiger partial charge in [0.25, 0.3) is 0 Å². The van der Waals surface area contributed by atoms with Gasteiger partial charge in [-0.25, -0.2) is 0 Å². The number of nitrogens with zero attached hydrogens (tertiary/aromatic N) is 1. The molecule has 0 heterocycles. The van der Waals surface area contributed by atoms with Crippen LogP contribution < -0.4 is 0 Å². The smallest absolute Gasteiger partial charge is 0.161 e. The first kappa shape index (κ1) is 18.6. The van der Waals surface area contributed by atoms with Crippen molar-refractivity contribution in [3.63, 3.8) is 0 Å². The van der Waals surface area contributed by atoms with E-state index in [0.29, 0.717) is 17.4 Å². The van der Waals surface area contributed by atoms with Crippen molar-refractivity contribution >= 4 is 23.5 Å². The van der Waals surface area contributed by atoms with Gasteiger partial charge in [0.2, 0.25) is 0 Å². The number of hydrogen-bond acceptors (Lipinski definition) is 2. The molecule has 0 spiro atoms. The highest BCUT2D eigenvalue weighted by Gasteiger charge is 2.60. The van der Waals surface area contributed by atoms with Gasteiger partial charge in [0.15, 0.2) is 5.78 Å². The Morgan fingerprint density at radius 3 is 2.28 bits per heavy atom. The summed E-state index contributed by atoms with van der Waals surface area (Å²) in [7, 11) is 0. The van der Waals surface area contributed by atoms with Gasteiger partial charge in [-0.15, -0.1) is 0 Å². The van der Waals surface area contributed by atoms with Crippen molar-refractivity contribution < 1.29 is 4.79 Å². The zero-order valence-corrected chi connectivity index (χ0v) is 17.2. The Bertz CT molecular complexity index is 998. The molecule has 0 aliphatic heterocycles. The lowest BCUT2D eigenvalue weighted by Gasteiger charge is -2.61. The van der Waals surface area contributed by atoms with Crippen LogP contribution in [0.4, 0.5) is 0 Å². The fourth-order valence-electron chi connectivity index (χ4n) is 6.71. The highest BCUT2D eigenvalue weighted by molar-refractivity contribution is 6.30. The van der Waals surface area contributed by atoms with Crippen molar-refractivity contribution in [2.24, 2.45) is 17.3 Å². The van der Waals surface area contributed by atoms with Crippen molar-refractivity contribution in [2.45, 2.75) is 43.9 Å². The summed E-state index contributed by atoms with van der Waals surface area (Å²) in [5, 5.41) is 9.72. The molecule has 146 valence electrons. The fourth-order valence-corrected chi connectivity index (χ4v) is 6.84. The molecule has 2 aromatic carbocycles.